The quantitative estimate of drug-likeness (QED) is 0.493. The lowest BCUT2D eigenvalue weighted by atomic mass is 10.2. The molecule has 33 heavy (non-hydrogen) atoms. The van der Waals surface area contributed by atoms with Crippen molar-refractivity contribution in [2.45, 2.75) is 0 Å². The lowest BCUT2D eigenvalue weighted by molar-refractivity contribution is -0.107. The molecule has 0 spiro atoms. The van der Waals surface area contributed by atoms with E-state index in [9.17, 15) is 14.0 Å². The summed E-state index contributed by atoms with van der Waals surface area (Å²) in [6.45, 7) is 0.901. The van der Waals surface area contributed by atoms with Gasteiger partial charge in [0, 0.05) is 31.1 Å². The Bertz CT molecular complexity index is 1190. The molecule has 8 nitrogen and oxygen atoms in total. The van der Waals surface area contributed by atoms with E-state index in [0.717, 1.165) is 5.56 Å². The molecule has 0 radical (unpaired) electrons. The average molecular weight is 466 g/mol. The Morgan fingerprint density at radius 1 is 1.06 bits per heavy atom. The second-order valence-electron chi connectivity index (χ2n) is 6.95. The number of thioether (sulfide) groups is 1. The number of hydrogen-bond donors (Lipinski definition) is 1. The molecule has 4 rings (SSSR count). The first kappa shape index (κ1) is 22.3. The molecule has 2 aromatic carbocycles. The van der Waals surface area contributed by atoms with Crippen molar-refractivity contribution in [3.05, 3.63) is 77.9 Å². The molecule has 1 aliphatic rings. The highest BCUT2D eigenvalue weighted by atomic mass is 32.2. The predicted molar refractivity (Wildman–Crippen MR) is 123 cm³/mol. The molecule has 0 atom stereocenters. The zero-order valence-corrected chi connectivity index (χ0v) is 18.3. The number of benzene rings is 2. The van der Waals surface area contributed by atoms with Gasteiger partial charge in [0.1, 0.15) is 23.9 Å². The largest absolute Gasteiger partial charge is 0.492 e. The molecule has 0 bridgehead atoms. The van der Waals surface area contributed by atoms with Gasteiger partial charge in [-0.15, -0.1) is 0 Å². The van der Waals surface area contributed by atoms with E-state index in [1.165, 1.54) is 24.3 Å². The fourth-order valence-corrected chi connectivity index (χ4v) is 3.39. The van der Waals surface area contributed by atoms with Crippen molar-refractivity contribution in [3.63, 3.8) is 0 Å². The normalized spacial score (nSPS) is 14.3. The van der Waals surface area contributed by atoms with E-state index in [1.54, 1.807) is 42.6 Å². The highest BCUT2D eigenvalue weighted by molar-refractivity contribution is 8.27. The number of nitrogens with one attached hydrogen (secondary N) is 1. The summed E-state index contributed by atoms with van der Waals surface area (Å²) in [5.74, 6) is 1.61. The van der Waals surface area contributed by atoms with Gasteiger partial charge in [-0.3, -0.25) is 9.59 Å². The Morgan fingerprint density at radius 3 is 2.48 bits per heavy atom. The fourth-order valence-electron chi connectivity index (χ4n) is 2.84. The van der Waals surface area contributed by atoms with E-state index >= 15 is 0 Å². The Labute approximate surface area is 193 Å². The van der Waals surface area contributed by atoms with Gasteiger partial charge in [0.15, 0.2) is 0 Å². The van der Waals surface area contributed by atoms with Crippen LogP contribution in [0.4, 0.5) is 15.1 Å². The van der Waals surface area contributed by atoms with Gasteiger partial charge in [0.25, 0.3) is 5.24 Å². The number of aromatic nitrogens is 2. The van der Waals surface area contributed by atoms with Gasteiger partial charge in [0.2, 0.25) is 16.9 Å². The van der Waals surface area contributed by atoms with Crippen LogP contribution >= 0.6 is 11.8 Å². The minimum absolute atomic E-state index is 0.269. The first-order valence-corrected chi connectivity index (χ1v) is 10.7. The molecular formula is C23H19FN4O4S. The number of rotatable bonds is 8. The van der Waals surface area contributed by atoms with E-state index in [1.807, 2.05) is 11.9 Å². The molecule has 0 unspecified atom stereocenters. The van der Waals surface area contributed by atoms with Crippen molar-refractivity contribution in [2.75, 3.05) is 25.1 Å². The second kappa shape index (κ2) is 10.1. The summed E-state index contributed by atoms with van der Waals surface area (Å²) in [5.41, 5.74) is 1.04. The van der Waals surface area contributed by atoms with E-state index in [2.05, 4.69) is 15.3 Å². The van der Waals surface area contributed by atoms with Crippen LogP contribution in [-0.4, -0.2) is 40.5 Å². The van der Waals surface area contributed by atoms with Crippen LogP contribution in [0.2, 0.25) is 0 Å². The summed E-state index contributed by atoms with van der Waals surface area (Å²) in [6, 6.07) is 14.5. The molecule has 1 saturated heterocycles. The lowest BCUT2D eigenvalue weighted by Crippen LogP contribution is -2.25. The minimum atomic E-state index is -0.369. The Kier molecular flexibility index (Phi) is 6.84. The third kappa shape index (κ3) is 6.07. The molecule has 1 N–H and O–H groups in total. The summed E-state index contributed by atoms with van der Waals surface area (Å²) >= 11 is 0.646. The van der Waals surface area contributed by atoms with E-state index < -0.39 is 0 Å². The molecule has 168 valence electrons. The van der Waals surface area contributed by atoms with Crippen LogP contribution in [-0.2, 0) is 4.79 Å². The summed E-state index contributed by atoms with van der Waals surface area (Å²) in [6.07, 6.45) is 3.21. The van der Waals surface area contributed by atoms with E-state index in [0.29, 0.717) is 48.2 Å². The molecule has 1 aliphatic heterocycles. The van der Waals surface area contributed by atoms with Gasteiger partial charge in [-0.1, -0.05) is 12.1 Å². The molecule has 3 aromatic rings. The van der Waals surface area contributed by atoms with Crippen LogP contribution in [0.1, 0.15) is 5.56 Å². The fraction of sp³-hybridized carbons (Fsp3) is 0.130. The highest BCUT2D eigenvalue weighted by Crippen LogP contribution is 2.22. The van der Waals surface area contributed by atoms with Gasteiger partial charge in [-0.2, -0.15) is 4.98 Å². The van der Waals surface area contributed by atoms with Crippen LogP contribution in [0.5, 0.6) is 17.4 Å². The standard InChI is InChI=1S/C23H19FN4O4S/c1-28(22-25-11-10-20(27-22)32-18-8-4-16(24)5-9-18)12-13-31-17-6-2-15(3-7-17)14-19-21(29)33-23(30)26-19/h2-11,14H,12-13H2,1H3,(H,26,30). The van der Waals surface area contributed by atoms with Crippen molar-refractivity contribution in [2.24, 2.45) is 0 Å². The molecule has 2 heterocycles. The van der Waals surface area contributed by atoms with Crippen LogP contribution < -0.4 is 19.7 Å². The van der Waals surface area contributed by atoms with Gasteiger partial charge in [0.05, 0.1) is 12.2 Å². The predicted octanol–water partition coefficient (Wildman–Crippen LogP) is 4.25. The molecule has 1 aromatic heterocycles. The number of halogens is 1. The number of ether oxygens (including phenoxy) is 2. The van der Waals surface area contributed by atoms with E-state index in [-0.39, 0.29) is 21.9 Å². The summed E-state index contributed by atoms with van der Waals surface area (Å²) in [4.78, 5) is 33.3. The van der Waals surface area contributed by atoms with Crippen molar-refractivity contribution < 1.29 is 23.5 Å². The van der Waals surface area contributed by atoms with Gasteiger partial charge in [-0.25, -0.2) is 9.37 Å². The number of amides is 1. The van der Waals surface area contributed by atoms with Crippen molar-refractivity contribution in [1.29, 1.82) is 0 Å². The average Bonchev–Trinajstić information content (AvgIpc) is 3.13. The van der Waals surface area contributed by atoms with Crippen molar-refractivity contribution >= 4 is 34.1 Å². The zero-order chi connectivity index (χ0) is 23.2. The maximum absolute atomic E-state index is 13.0. The molecule has 1 amide bonds. The van der Waals surface area contributed by atoms with Crippen LogP contribution in [0.3, 0.4) is 0 Å². The number of anilines is 1. The maximum Gasteiger partial charge on any atom is 0.291 e. The third-order valence-electron chi connectivity index (χ3n) is 4.52. The molecule has 0 aliphatic carbocycles. The number of nitrogens with zero attached hydrogens (tertiary/aromatic N) is 3. The van der Waals surface area contributed by atoms with Crippen LogP contribution in [0, 0.1) is 5.82 Å². The SMILES string of the molecule is CN(CCOc1ccc(C=C2NC(=O)SC2=O)cc1)c1nccc(Oc2ccc(F)cc2)n1. The first-order chi connectivity index (χ1) is 16.0. The number of carbonyl (C=O) groups excluding carboxylic acids is 2. The first-order valence-electron chi connectivity index (χ1n) is 9.91. The Balaban J connectivity index is 1.29. The van der Waals surface area contributed by atoms with Gasteiger partial charge < -0.3 is 19.7 Å². The van der Waals surface area contributed by atoms with E-state index in [4.69, 9.17) is 9.47 Å². The topological polar surface area (TPSA) is 93.7 Å². The number of hydrogen-bond acceptors (Lipinski definition) is 8. The summed E-state index contributed by atoms with van der Waals surface area (Å²) < 4.78 is 24.5. The van der Waals surface area contributed by atoms with Crippen molar-refractivity contribution in [3.8, 4) is 17.4 Å². The molecule has 10 heteroatoms. The lowest BCUT2D eigenvalue weighted by Gasteiger charge is -2.17. The summed E-state index contributed by atoms with van der Waals surface area (Å²) in [7, 11) is 1.83. The van der Waals surface area contributed by atoms with Crippen molar-refractivity contribution in [1.82, 2.24) is 15.3 Å². The minimum Gasteiger partial charge on any atom is -0.492 e. The Hall–Kier alpha value is -3.92. The number of carbonyl (C=O) groups is 2. The Morgan fingerprint density at radius 2 is 1.79 bits per heavy atom. The molecular weight excluding hydrogens is 447 g/mol. The maximum atomic E-state index is 13.0. The smallest absolute Gasteiger partial charge is 0.291 e. The van der Waals surface area contributed by atoms with Gasteiger partial charge in [-0.05, 0) is 48.0 Å². The van der Waals surface area contributed by atoms with Crippen LogP contribution in [0.25, 0.3) is 6.08 Å². The highest BCUT2D eigenvalue weighted by Gasteiger charge is 2.25. The third-order valence-corrected chi connectivity index (χ3v) is 5.22. The zero-order valence-electron chi connectivity index (χ0n) is 17.5. The molecule has 1 fully saturated rings. The number of likely N-dealkylation sites (N-methyl/N-ethyl adjacent to an activating group) is 1. The van der Waals surface area contributed by atoms with Gasteiger partial charge >= 0.3 is 0 Å². The van der Waals surface area contributed by atoms with Crippen LogP contribution in [0.15, 0.2) is 66.5 Å². The summed E-state index contributed by atoms with van der Waals surface area (Å²) in [5, 5.41) is 1.85. The monoisotopic (exact) mass is 466 g/mol. The second-order valence-corrected chi connectivity index (χ2v) is 7.90. The molecule has 0 saturated carbocycles.